The summed E-state index contributed by atoms with van der Waals surface area (Å²) in [5.41, 5.74) is 4.00. The molecule has 12 heavy (non-hydrogen) atoms. The molecule has 0 bridgehead atoms. The Morgan fingerprint density at radius 1 is 1.50 bits per heavy atom. The van der Waals surface area contributed by atoms with Crippen LogP contribution in [0.2, 0.25) is 0 Å². The van der Waals surface area contributed by atoms with Crippen LogP contribution in [0.5, 0.6) is 0 Å². The van der Waals surface area contributed by atoms with Gasteiger partial charge in [-0.25, -0.2) is 0 Å². The zero-order valence-corrected chi connectivity index (χ0v) is 7.93. The van der Waals surface area contributed by atoms with Gasteiger partial charge in [-0.1, -0.05) is 42.0 Å². The Balaban J connectivity index is 2.70. The smallest absolute Gasteiger partial charge is 0.00727 e. The predicted molar refractivity (Wildman–Crippen MR) is 55.0 cm³/mol. The number of rotatable bonds is 2. The lowest BCUT2D eigenvalue weighted by atomic mass is 10.1. The Labute approximate surface area is 75.0 Å². The molecule has 0 unspecified atom stereocenters. The van der Waals surface area contributed by atoms with Gasteiger partial charge in [-0.2, -0.15) is 0 Å². The summed E-state index contributed by atoms with van der Waals surface area (Å²) in [6, 6.07) is 0. The van der Waals surface area contributed by atoms with E-state index in [0.717, 1.165) is 12.8 Å². The second kappa shape index (κ2) is 4.10. The second-order valence-electron chi connectivity index (χ2n) is 3.49. The normalized spacial score (nSPS) is 16.5. The lowest BCUT2D eigenvalue weighted by molar-refractivity contribution is 1.16. The van der Waals surface area contributed by atoms with Crippen LogP contribution in [0.25, 0.3) is 0 Å². The molecule has 0 heteroatoms. The van der Waals surface area contributed by atoms with Crippen molar-refractivity contribution in [2.45, 2.75) is 26.7 Å². The van der Waals surface area contributed by atoms with E-state index in [-0.39, 0.29) is 0 Å². The molecule has 0 aromatic carbocycles. The van der Waals surface area contributed by atoms with Crippen molar-refractivity contribution >= 4 is 0 Å². The maximum Gasteiger partial charge on any atom is -0.00727 e. The molecule has 0 aromatic heterocycles. The predicted octanol–water partition coefficient (Wildman–Crippen LogP) is 3.79. The molecule has 1 aliphatic carbocycles. The molecule has 0 spiro atoms. The monoisotopic (exact) mass is 160 g/mol. The molecule has 0 amide bonds. The van der Waals surface area contributed by atoms with Crippen LogP contribution in [-0.2, 0) is 0 Å². The number of hydrogen-bond acceptors (Lipinski definition) is 0. The van der Waals surface area contributed by atoms with E-state index in [1.54, 1.807) is 0 Å². The van der Waals surface area contributed by atoms with E-state index in [9.17, 15) is 0 Å². The topological polar surface area (TPSA) is 0 Å². The fourth-order valence-electron chi connectivity index (χ4n) is 1.24. The first-order valence-electron chi connectivity index (χ1n) is 4.36. The molecule has 1 aliphatic rings. The lowest BCUT2D eigenvalue weighted by Crippen LogP contribution is -1.78. The minimum Gasteiger partial charge on any atom is -0.0998 e. The van der Waals surface area contributed by atoms with E-state index in [2.05, 4.69) is 44.7 Å². The minimum absolute atomic E-state index is 1.00. The SMILES string of the molecule is C=C(C)CC1=CC=C(C)CC=C1. The van der Waals surface area contributed by atoms with Crippen molar-refractivity contribution in [3.05, 3.63) is 47.6 Å². The molecule has 64 valence electrons. The van der Waals surface area contributed by atoms with Gasteiger partial charge < -0.3 is 0 Å². The first-order valence-corrected chi connectivity index (χ1v) is 4.36. The molecule has 0 aliphatic heterocycles. The van der Waals surface area contributed by atoms with Crippen molar-refractivity contribution in [2.24, 2.45) is 0 Å². The van der Waals surface area contributed by atoms with E-state index >= 15 is 0 Å². The van der Waals surface area contributed by atoms with Gasteiger partial charge in [0.2, 0.25) is 0 Å². The van der Waals surface area contributed by atoms with E-state index < -0.39 is 0 Å². The lowest BCUT2D eigenvalue weighted by Gasteiger charge is -1.98. The third kappa shape index (κ3) is 2.91. The molecule has 0 saturated carbocycles. The Kier molecular flexibility index (Phi) is 3.09. The van der Waals surface area contributed by atoms with Crippen molar-refractivity contribution in [1.29, 1.82) is 0 Å². The molecule has 1 rings (SSSR count). The average Bonchev–Trinajstić information content (AvgIpc) is 2.15. The van der Waals surface area contributed by atoms with Gasteiger partial charge in [0.25, 0.3) is 0 Å². The van der Waals surface area contributed by atoms with Crippen molar-refractivity contribution in [2.75, 3.05) is 0 Å². The summed E-state index contributed by atoms with van der Waals surface area (Å²) < 4.78 is 0. The highest BCUT2D eigenvalue weighted by Crippen LogP contribution is 2.15. The van der Waals surface area contributed by atoms with Gasteiger partial charge in [0.15, 0.2) is 0 Å². The first-order chi connectivity index (χ1) is 5.68. The molecule has 0 atom stereocenters. The van der Waals surface area contributed by atoms with Gasteiger partial charge in [-0.05, 0) is 32.3 Å². The molecule has 0 radical (unpaired) electrons. The van der Waals surface area contributed by atoms with Gasteiger partial charge in [0.1, 0.15) is 0 Å². The fourth-order valence-corrected chi connectivity index (χ4v) is 1.24. The quantitative estimate of drug-likeness (QED) is 0.539. The maximum atomic E-state index is 3.90. The molecule has 0 N–H and O–H groups in total. The second-order valence-corrected chi connectivity index (χ2v) is 3.49. The van der Waals surface area contributed by atoms with E-state index in [1.807, 2.05) is 0 Å². The van der Waals surface area contributed by atoms with Crippen LogP contribution < -0.4 is 0 Å². The summed E-state index contributed by atoms with van der Waals surface area (Å²) in [7, 11) is 0. The zero-order chi connectivity index (χ0) is 8.97. The van der Waals surface area contributed by atoms with Crippen LogP contribution in [0.3, 0.4) is 0 Å². The highest BCUT2D eigenvalue weighted by Gasteiger charge is 1.95. The van der Waals surface area contributed by atoms with Crippen LogP contribution in [0.1, 0.15) is 26.7 Å². The van der Waals surface area contributed by atoms with Gasteiger partial charge in [0.05, 0.1) is 0 Å². The summed E-state index contributed by atoms with van der Waals surface area (Å²) in [6.07, 6.45) is 10.9. The molecular formula is C12H16. The van der Waals surface area contributed by atoms with Crippen LogP contribution in [0.4, 0.5) is 0 Å². The van der Waals surface area contributed by atoms with Crippen molar-refractivity contribution in [1.82, 2.24) is 0 Å². The molecule has 0 heterocycles. The fraction of sp³-hybridized carbons (Fsp3) is 0.333. The van der Waals surface area contributed by atoms with Crippen LogP contribution >= 0.6 is 0 Å². The summed E-state index contributed by atoms with van der Waals surface area (Å²) >= 11 is 0. The Morgan fingerprint density at radius 2 is 2.25 bits per heavy atom. The van der Waals surface area contributed by atoms with Gasteiger partial charge in [-0.15, -0.1) is 0 Å². The highest BCUT2D eigenvalue weighted by atomic mass is 14.0. The molecule has 0 nitrogen and oxygen atoms in total. The summed E-state index contributed by atoms with van der Waals surface area (Å²) in [4.78, 5) is 0. The number of hydrogen-bond donors (Lipinski definition) is 0. The van der Waals surface area contributed by atoms with Crippen LogP contribution in [0, 0.1) is 0 Å². The minimum atomic E-state index is 1.00. The van der Waals surface area contributed by atoms with Crippen molar-refractivity contribution in [3.63, 3.8) is 0 Å². The van der Waals surface area contributed by atoms with Gasteiger partial charge in [-0.3, -0.25) is 0 Å². The highest BCUT2D eigenvalue weighted by molar-refractivity contribution is 5.32. The Hall–Kier alpha value is -1.04. The first kappa shape index (κ1) is 9.05. The van der Waals surface area contributed by atoms with Crippen LogP contribution in [0.15, 0.2) is 47.6 Å². The van der Waals surface area contributed by atoms with Crippen molar-refractivity contribution in [3.8, 4) is 0 Å². The summed E-state index contributed by atoms with van der Waals surface area (Å²) in [6.45, 7) is 8.13. The van der Waals surface area contributed by atoms with Crippen LogP contribution in [-0.4, -0.2) is 0 Å². The van der Waals surface area contributed by atoms with E-state index in [1.165, 1.54) is 16.7 Å². The molecular weight excluding hydrogens is 144 g/mol. The van der Waals surface area contributed by atoms with E-state index in [0.29, 0.717) is 0 Å². The van der Waals surface area contributed by atoms with E-state index in [4.69, 9.17) is 0 Å². The zero-order valence-electron chi connectivity index (χ0n) is 7.93. The summed E-state index contributed by atoms with van der Waals surface area (Å²) in [5.74, 6) is 0. The number of allylic oxidation sites excluding steroid dienone is 7. The standard InChI is InChI=1S/C12H16/c1-10(2)9-12-6-4-5-11(3)7-8-12/h4,6-8H,1,5,9H2,2-3H3. The maximum absolute atomic E-state index is 3.90. The molecule has 0 saturated heterocycles. The third-order valence-electron chi connectivity index (χ3n) is 1.86. The summed E-state index contributed by atoms with van der Waals surface area (Å²) in [5, 5.41) is 0. The van der Waals surface area contributed by atoms with Crippen molar-refractivity contribution < 1.29 is 0 Å². The van der Waals surface area contributed by atoms with Gasteiger partial charge in [0, 0.05) is 0 Å². The molecule has 0 aromatic rings. The largest absolute Gasteiger partial charge is 0.0998 e. The van der Waals surface area contributed by atoms with Gasteiger partial charge >= 0.3 is 0 Å². The Bertz CT molecular complexity index is 262. The Morgan fingerprint density at radius 3 is 2.92 bits per heavy atom. The average molecular weight is 160 g/mol. The molecule has 0 fully saturated rings. The third-order valence-corrected chi connectivity index (χ3v) is 1.86.